The number of hydrogen-bond acceptors (Lipinski definition) is 3. The van der Waals surface area contributed by atoms with Crippen molar-refractivity contribution in [2.24, 2.45) is 0 Å². The van der Waals surface area contributed by atoms with Crippen molar-refractivity contribution in [3.8, 4) is 0 Å². The monoisotopic (exact) mass is 334 g/mol. The van der Waals surface area contributed by atoms with Crippen LogP contribution < -0.4 is 0 Å². The van der Waals surface area contributed by atoms with Gasteiger partial charge >= 0.3 is 0 Å². The van der Waals surface area contributed by atoms with E-state index in [9.17, 15) is 0 Å². The predicted molar refractivity (Wildman–Crippen MR) is 98.2 cm³/mol. The van der Waals surface area contributed by atoms with E-state index in [1.165, 1.54) is 76.3 Å². The van der Waals surface area contributed by atoms with E-state index in [-0.39, 0.29) is 7.92 Å². The van der Waals surface area contributed by atoms with Crippen LogP contribution in [0, 0.1) is 0 Å². The number of aliphatic hydroxyl groups is 3. The van der Waals surface area contributed by atoms with Crippen molar-refractivity contribution in [1.82, 2.24) is 0 Å². The summed E-state index contributed by atoms with van der Waals surface area (Å²) in [6.45, 7) is 1.01. The third-order valence-electron chi connectivity index (χ3n) is 4.15. The second-order valence-electron chi connectivity index (χ2n) is 6.26. The first-order valence-corrected chi connectivity index (χ1v) is 11.3. The zero-order valence-corrected chi connectivity index (χ0v) is 15.4. The SMILES string of the molecule is OCCCCCCP(CCCCCCO)CCCCCCO. The van der Waals surface area contributed by atoms with E-state index in [0.29, 0.717) is 19.8 Å². The maximum Gasteiger partial charge on any atom is 0.0431 e. The second kappa shape index (κ2) is 19.4. The highest BCUT2D eigenvalue weighted by atomic mass is 31.1. The van der Waals surface area contributed by atoms with Crippen molar-refractivity contribution in [2.45, 2.75) is 77.0 Å². The molecular formula is C18H39O3P. The van der Waals surface area contributed by atoms with Gasteiger partial charge in [0.05, 0.1) is 0 Å². The second-order valence-corrected chi connectivity index (χ2v) is 8.94. The number of rotatable bonds is 18. The molecule has 134 valence electrons. The van der Waals surface area contributed by atoms with Gasteiger partial charge in [0.2, 0.25) is 0 Å². The maximum atomic E-state index is 8.82. The normalized spacial score (nSPS) is 11.5. The third kappa shape index (κ3) is 16.7. The van der Waals surface area contributed by atoms with Crippen LogP contribution in [0.4, 0.5) is 0 Å². The quantitative estimate of drug-likeness (QED) is 0.261. The molecule has 0 aromatic rings. The summed E-state index contributed by atoms with van der Waals surface area (Å²) in [5, 5.41) is 26.5. The summed E-state index contributed by atoms with van der Waals surface area (Å²) in [5.74, 6) is 0. The third-order valence-corrected chi connectivity index (χ3v) is 6.99. The Morgan fingerprint density at radius 2 is 0.636 bits per heavy atom. The maximum absolute atomic E-state index is 8.82. The van der Waals surface area contributed by atoms with E-state index in [1.54, 1.807) is 0 Å². The molecule has 22 heavy (non-hydrogen) atoms. The first-order chi connectivity index (χ1) is 10.8. The van der Waals surface area contributed by atoms with E-state index in [0.717, 1.165) is 19.3 Å². The van der Waals surface area contributed by atoms with Gasteiger partial charge in [-0.3, -0.25) is 0 Å². The molecule has 0 radical (unpaired) electrons. The highest BCUT2D eigenvalue weighted by Crippen LogP contribution is 2.39. The zero-order valence-electron chi connectivity index (χ0n) is 14.5. The molecule has 4 heteroatoms. The lowest BCUT2D eigenvalue weighted by Crippen LogP contribution is -1.98. The summed E-state index contributed by atoms with van der Waals surface area (Å²) in [4.78, 5) is 0. The zero-order chi connectivity index (χ0) is 16.3. The van der Waals surface area contributed by atoms with Gasteiger partial charge in [-0.15, -0.1) is 7.92 Å². The average molecular weight is 334 g/mol. The minimum Gasteiger partial charge on any atom is -0.396 e. The molecule has 3 nitrogen and oxygen atoms in total. The standard InChI is InChI=1S/C18H39O3P/c19-13-7-1-4-10-16-22(17-11-5-2-8-14-20)18-12-6-3-9-15-21/h19-21H,1-18H2. The van der Waals surface area contributed by atoms with E-state index < -0.39 is 0 Å². The first kappa shape index (κ1) is 22.3. The molecule has 0 fully saturated rings. The van der Waals surface area contributed by atoms with Crippen LogP contribution in [0.5, 0.6) is 0 Å². The van der Waals surface area contributed by atoms with Gasteiger partial charge in [-0.25, -0.2) is 0 Å². The lowest BCUT2D eigenvalue weighted by atomic mass is 10.2. The summed E-state index contributed by atoms with van der Waals surface area (Å²) < 4.78 is 0. The summed E-state index contributed by atoms with van der Waals surface area (Å²) >= 11 is 0. The molecule has 0 bridgehead atoms. The number of aliphatic hydroxyl groups excluding tert-OH is 3. The minimum absolute atomic E-state index is 0.189. The molecule has 0 rings (SSSR count). The van der Waals surface area contributed by atoms with Crippen molar-refractivity contribution < 1.29 is 15.3 Å². The molecule has 0 saturated carbocycles. The van der Waals surface area contributed by atoms with Crippen molar-refractivity contribution >= 4 is 7.92 Å². The Kier molecular flexibility index (Phi) is 19.6. The van der Waals surface area contributed by atoms with Gasteiger partial charge in [-0.05, 0) is 57.0 Å². The van der Waals surface area contributed by atoms with Crippen LogP contribution in [-0.4, -0.2) is 53.6 Å². The molecule has 0 aromatic carbocycles. The van der Waals surface area contributed by atoms with Gasteiger partial charge in [-0.2, -0.15) is 0 Å². The molecule has 0 aliphatic rings. The van der Waals surface area contributed by atoms with Crippen LogP contribution in [0.1, 0.15) is 77.0 Å². The topological polar surface area (TPSA) is 60.7 Å². The smallest absolute Gasteiger partial charge is 0.0431 e. The van der Waals surface area contributed by atoms with E-state index in [4.69, 9.17) is 15.3 Å². The lowest BCUT2D eigenvalue weighted by Gasteiger charge is -2.18. The Balaban J connectivity index is 3.72. The Morgan fingerprint density at radius 1 is 0.364 bits per heavy atom. The molecule has 0 saturated heterocycles. The Labute approximate surface area is 139 Å². The fraction of sp³-hybridized carbons (Fsp3) is 1.00. The molecule has 0 spiro atoms. The van der Waals surface area contributed by atoms with Crippen LogP contribution in [0.25, 0.3) is 0 Å². The van der Waals surface area contributed by atoms with Crippen LogP contribution in [-0.2, 0) is 0 Å². The predicted octanol–water partition coefficient (Wildman–Crippen LogP) is 4.13. The van der Waals surface area contributed by atoms with Gasteiger partial charge in [0.25, 0.3) is 0 Å². The fourth-order valence-corrected chi connectivity index (χ4v) is 5.42. The molecular weight excluding hydrogens is 295 g/mol. The first-order valence-electron chi connectivity index (χ1n) is 9.40. The van der Waals surface area contributed by atoms with Gasteiger partial charge in [0.1, 0.15) is 0 Å². The Hall–Kier alpha value is 0.310. The molecule has 3 N–H and O–H groups in total. The summed E-state index contributed by atoms with van der Waals surface area (Å²) in [6, 6.07) is 0. The molecule has 0 atom stereocenters. The van der Waals surface area contributed by atoms with Gasteiger partial charge in [0, 0.05) is 19.8 Å². The minimum atomic E-state index is 0.189. The number of hydrogen-bond donors (Lipinski definition) is 3. The molecule has 0 aliphatic carbocycles. The lowest BCUT2D eigenvalue weighted by molar-refractivity contribution is 0.283. The summed E-state index contributed by atoms with van der Waals surface area (Å²) in [6.07, 6.45) is 18.4. The number of unbranched alkanes of at least 4 members (excludes halogenated alkanes) is 9. The molecule has 0 amide bonds. The summed E-state index contributed by atoms with van der Waals surface area (Å²) in [5.41, 5.74) is 0. The van der Waals surface area contributed by atoms with Crippen LogP contribution in [0.15, 0.2) is 0 Å². The fourth-order valence-electron chi connectivity index (χ4n) is 2.74. The molecule has 0 unspecified atom stereocenters. The van der Waals surface area contributed by atoms with Crippen molar-refractivity contribution in [2.75, 3.05) is 38.3 Å². The molecule has 0 aromatic heterocycles. The largest absolute Gasteiger partial charge is 0.396 e. The van der Waals surface area contributed by atoms with E-state index in [2.05, 4.69) is 0 Å². The highest BCUT2D eigenvalue weighted by molar-refractivity contribution is 7.57. The van der Waals surface area contributed by atoms with Crippen LogP contribution in [0.2, 0.25) is 0 Å². The average Bonchev–Trinajstić information content (AvgIpc) is 2.53. The van der Waals surface area contributed by atoms with Crippen LogP contribution in [0.3, 0.4) is 0 Å². The molecule has 0 aliphatic heterocycles. The highest BCUT2D eigenvalue weighted by Gasteiger charge is 2.07. The van der Waals surface area contributed by atoms with Crippen molar-refractivity contribution in [1.29, 1.82) is 0 Å². The van der Waals surface area contributed by atoms with Gasteiger partial charge in [0.15, 0.2) is 0 Å². The Bertz CT molecular complexity index is 169. The van der Waals surface area contributed by atoms with Crippen molar-refractivity contribution in [3.63, 3.8) is 0 Å². The van der Waals surface area contributed by atoms with Crippen LogP contribution >= 0.6 is 7.92 Å². The van der Waals surface area contributed by atoms with Gasteiger partial charge < -0.3 is 15.3 Å². The molecule has 0 heterocycles. The van der Waals surface area contributed by atoms with Crippen molar-refractivity contribution in [3.05, 3.63) is 0 Å². The van der Waals surface area contributed by atoms with E-state index in [1.807, 2.05) is 0 Å². The van der Waals surface area contributed by atoms with E-state index >= 15 is 0 Å². The van der Waals surface area contributed by atoms with Gasteiger partial charge in [-0.1, -0.05) is 38.5 Å². The summed E-state index contributed by atoms with van der Waals surface area (Å²) in [7, 11) is 0.189. The Morgan fingerprint density at radius 3 is 0.909 bits per heavy atom.